The molecule has 100 valence electrons. The van der Waals surface area contributed by atoms with Crippen LogP contribution in [0.25, 0.3) is 0 Å². The lowest BCUT2D eigenvalue weighted by Gasteiger charge is -2.15. The molecule has 1 heterocycles. The number of methoxy groups -OCH3 is 1. The maximum Gasteiger partial charge on any atom is 0.573 e. The lowest BCUT2D eigenvalue weighted by Crippen LogP contribution is -2.20. The van der Waals surface area contributed by atoms with E-state index in [0.29, 0.717) is 0 Å². The summed E-state index contributed by atoms with van der Waals surface area (Å²) >= 11 is 0. The first-order chi connectivity index (χ1) is 8.28. The molecule has 0 atom stereocenters. The van der Waals surface area contributed by atoms with Crippen molar-refractivity contribution >= 4 is 5.97 Å². The summed E-state index contributed by atoms with van der Waals surface area (Å²) in [6.07, 6.45) is -4.95. The molecule has 3 N–H and O–H groups in total. The van der Waals surface area contributed by atoms with Crippen molar-refractivity contribution in [2.45, 2.75) is 12.9 Å². The zero-order valence-corrected chi connectivity index (χ0v) is 9.11. The van der Waals surface area contributed by atoms with Crippen LogP contribution < -0.4 is 15.2 Å². The quantitative estimate of drug-likeness (QED) is 0.848. The molecule has 0 saturated carbocycles. The number of nitrogens with zero attached hydrogens (tertiary/aromatic N) is 1. The van der Waals surface area contributed by atoms with E-state index in [1.165, 1.54) is 0 Å². The SMILES string of the molecule is COc1nc(C(=O)O)cc(CN)c1OC(F)(F)F. The molecule has 0 radical (unpaired) electrons. The zero-order chi connectivity index (χ0) is 13.9. The van der Waals surface area contributed by atoms with E-state index in [9.17, 15) is 18.0 Å². The second kappa shape index (κ2) is 5.08. The summed E-state index contributed by atoms with van der Waals surface area (Å²) < 4.78 is 44.8. The number of alkyl halides is 3. The molecular weight excluding hydrogens is 257 g/mol. The Balaban J connectivity index is 3.34. The van der Waals surface area contributed by atoms with Crippen molar-refractivity contribution in [1.82, 2.24) is 4.98 Å². The molecule has 1 rings (SSSR count). The lowest BCUT2D eigenvalue weighted by molar-refractivity contribution is -0.275. The van der Waals surface area contributed by atoms with Crippen molar-refractivity contribution < 1.29 is 32.5 Å². The Labute approximate surface area is 99.1 Å². The molecule has 6 nitrogen and oxygen atoms in total. The van der Waals surface area contributed by atoms with E-state index in [2.05, 4.69) is 14.5 Å². The van der Waals surface area contributed by atoms with Gasteiger partial charge in [0, 0.05) is 12.1 Å². The minimum Gasteiger partial charge on any atom is -0.478 e. The highest BCUT2D eigenvalue weighted by molar-refractivity contribution is 5.86. The largest absolute Gasteiger partial charge is 0.573 e. The Bertz CT molecular complexity index is 437. The van der Waals surface area contributed by atoms with Gasteiger partial charge in [-0.05, 0) is 6.07 Å². The van der Waals surface area contributed by atoms with Gasteiger partial charge in [-0.1, -0.05) is 0 Å². The Morgan fingerprint density at radius 1 is 1.56 bits per heavy atom. The summed E-state index contributed by atoms with van der Waals surface area (Å²) in [5, 5.41) is 8.73. The summed E-state index contributed by atoms with van der Waals surface area (Å²) in [7, 11) is 1.04. The molecule has 0 bridgehead atoms. The number of halogens is 3. The van der Waals surface area contributed by atoms with Gasteiger partial charge in [0.05, 0.1) is 7.11 Å². The Morgan fingerprint density at radius 2 is 2.17 bits per heavy atom. The van der Waals surface area contributed by atoms with E-state index in [1.54, 1.807) is 0 Å². The standard InChI is InChI=1S/C9H9F3N2O4/c1-17-7-6(18-9(10,11)12)4(3-13)2-5(14-7)8(15)16/h2H,3,13H2,1H3,(H,15,16). The van der Waals surface area contributed by atoms with Crippen LogP contribution >= 0.6 is 0 Å². The molecule has 0 amide bonds. The van der Waals surface area contributed by atoms with E-state index >= 15 is 0 Å². The van der Waals surface area contributed by atoms with Crippen LogP contribution in [0.4, 0.5) is 13.2 Å². The first kappa shape index (κ1) is 14.0. The van der Waals surface area contributed by atoms with E-state index in [4.69, 9.17) is 10.8 Å². The highest BCUT2D eigenvalue weighted by Crippen LogP contribution is 2.34. The smallest absolute Gasteiger partial charge is 0.478 e. The fourth-order valence-corrected chi connectivity index (χ4v) is 1.18. The summed E-state index contributed by atoms with van der Waals surface area (Å²) in [5.74, 6) is -2.74. The Morgan fingerprint density at radius 3 is 2.56 bits per heavy atom. The van der Waals surface area contributed by atoms with Gasteiger partial charge in [0.25, 0.3) is 5.88 Å². The summed E-state index contributed by atoms with van der Waals surface area (Å²) in [6, 6.07) is 0.895. The van der Waals surface area contributed by atoms with Gasteiger partial charge >= 0.3 is 12.3 Å². The van der Waals surface area contributed by atoms with Crippen LogP contribution in [0.5, 0.6) is 11.6 Å². The number of carboxylic acids is 1. The molecule has 0 aliphatic carbocycles. The molecule has 0 aliphatic rings. The van der Waals surface area contributed by atoms with Crippen LogP contribution in [0.1, 0.15) is 16.1 Å². The van der Waals surface area contributed by atoms with E-state index in [0.717, 1.165) is 13.2 Å². The van der Waals surface area contributed by atoms with Crippen LogP contribution in [0.3, 0.4) is 0 Å². The number of aromatic carboxylic acids is 1. The molecule has 1 aromatic rings. The first-order valence-corrected chi connectivity index (χ1v) is 4.55. The Kier molecular flexibility index (Phi) is 3.96. The zero-order valence-electron chi connectivity index (χ0n) is 9.11. The van der Waals surface area contributed by atoms with Crippen molar-refractivity contribution in [2.75, 3.05) is 7.11 Å². The topological polar surface area (TPSA) is 94.7 Å². The number of ether oxygens (including phenoxy) is 2. The fraction of sp³-hybridized carbons (Fsp3) is 0.333. The molecule has 9 heteroatoms. The number of nitrogens with two attached hydrogens (primary N) is 1. The maximum atomic E-state index is 12.2. The molecule has 18 heavy (non-hydrogen) atoms. The van der Waals surface area contributed by atoms with Crippen molar-refractivity contribution in [3.8, 4) is 11.6 Å². The van der Waals surface area contributed by atoms with Crippen LogP contribution in [0, 0.1) is 0 Å². The third kappa shape index (κ3) is 3.23. The molecule has 0 aliphatic heterocycles. The van der Waals surface area contributed by atoms with Crippen LogP contribution in [-0.4, -0.2) is 29.5 Å². The summed E-state index contributed by atoms with van der Waals surface area (Å²) in [5.41, 5.74) is 4.58. The number of carbonyl (C=O) groups is 1. The minimum atomic E-state index is -4.95. The molecule has 1 aromatic heterocycles. The minimum absolute atomic E-state index is 0.170. The van der Waals surface area contributed by atoms with Gasteiger partial charge in [0.15, 0.2) is 11.4 Å². The van der Waals surface area contributed by atoms with Crippen molar-refractivity contribution in [2.24, 2.45) is 5.73 Å². The molecule has 0 fully saturated rings. The fourth-order valence-electron chi connectivity index (χ4n) is 1.18. The van der Waals surface area contributed by atoms with Crippen molar-refractivity contribution in [3.05, 3.63) is 17.3 Å². The Hall–Kier alpha value is -2.03. The van der Waals surface area contributed by atoms with Gasteiger partial charge in [-0.2, -0.15) is 0 Å². The van der Waals surface area contributed by atoms with E-state index in [-0.39, 0.29) is 12.1 Å². The number of rotatable bonds is 4. The average Bonchev–Trinajstić information content (AvgIpc) is 2.26. The summed E-state index contributed by atoms with van der Waals surface area (Å²) in [4.78, 5) is 14.1. The highest BCUT2D eigenvalue weighted by Gasteiger charge is 2.34. The van der Waals surface area contributed by atoms with Crippen molar-refractivity contribution in [1.29, 1.82) is 0 Å². The second-order valence-electron chi connectivity index (χ2n) is 3.06. The van der Waals surface area contributed by atoms with Gasteiger partial charge in [0.2, 0.25) is 0 Å². The third-order valence-electron chi connectivity index (χ3n) is 1.87. The average molecular weight is 266 g/mol. The van der Waals surface area contributed by atoms with Gasteiger partial charge < -0.3 is 20.3 Å². The monoisotopic (exact) mass is 266 g/mol. The van der Waals surface area contributed by atoms with E-state index in [1.807, 2.05) is 0 Å². The molecule has 0 spiro atoms. The van der Waals surface area contributed by atoms with Gasteiger partial charge in [-0.3, -0.25) is 0 Å². The van der Waals surface area contributed by atoms with Gasteiger partial charge in [0.1, 0.15) is 0 Å². The predicted molar refractivity (Wildman–Crippen MR) is 52.3 cm³/mol. The van der Waals surface area contributed by atoms with E-state index < -0.39 is 29.7 Å². The number of aromatic nitrogens is 1. The van der Waals surface area contributed by atoms with Gasteiger partial charge in [-0.15, -0.1) is 13.2 Å². The highest BCUT2D eigenvalue weighted by atomic mass is 19.4. The normalized spacial score (nSPS) is 11.2. The number of pyridine rings is 1. The van der Waals surface area contributed by atoms with Gasteiger partial charge in [-0.25, -0.2) is 9.78 Å². The third-order valence-corrected chi connectivity index (χ3v) is 1.87. The molecule has 0 unspecified atom stereocenters. The molecule has 0 saturated heterocycles. The first-order valence-electron chi connectivity index (χ1n) is 4.55. The lowest BCUT2D eigenvalue weighted by atomic mass is 10.2. The van der Waals surface area contributed by atoms with Crippen LogP contribution in [0.15, 0.2) is 6.07 Å². The number of hydrogen-bond donors (Lipinski definition) is 2. The number of hydrogen-bond acceptors (Lipinski definition) is 5. The maximum absolute atomic E-state index is 12.2. The summed E-state index contributed by atoms with van der Waals surface area (Å²) in [6.45, 7) is -0.357. The van der Waals surface area contributed by atoms with Crippen molar-refractivity contribution in [3.63, 3.8) is 0 Å². The van der Waals surface area contributed by atoms with Crippen LogP contribution in [0.2, 0.25) is 0 Å². The predicted octanol–water partition coefficient (Wildman–Crippen LogP) is 1.15. The number of carboxylic acid groups (broad SMARTS) is 1. The molecular formula is C9H9F3N2O4. The second-order valence-corrected chi connectivity index (χ2v) is 3.06. The van der Waals surface area contributed by atoms with Crippen LogP contribution in [-0.2, 0) is 6.54 Å². The molecule has 0 aromatic carbocycles.